The van der Waals surface area contributed by atoms with E-state index in [1.54, 1.807) is 0 Å². The number of nitrogens with zero attached hydrogens (tertiary/aromatic N) is 4. The number of rotatable bonds is 4. The van der Waals surface area contributed by atoms with Crippen molar-refractivity contribution in [2.45, 2.75) is 50.0 Å². The fourth-order valence-electron chi connectivity index (χ4n) is 3.85. The molecule has 1 aliphatic rings. The minimum Gasteiger partial charge on any atom is -0.420 e. The number of halogens is 4. The minimum absolute atomic E-state index is 0.0462. The Morgan fingerprint density at radius 3 is 2.39 bits per heavy atom. The van der Waals surface area contributed by atoms with Gasteiger partial charge in [0.1, 0.15) is 11.6 Å². The summed E-state index contributed by atoms with van der Waals surface area (Å²) >= 11 is 0. The molecule has 204 valence electrons. The van der Waals surface area contributed by atoms with Crippen molar-refractivity contribution in [1.82, 2.24) is 10.2 Å². The zero-order valence-electron chi connectivity index (χ0n) is 20.9. The number of amides is 1. The molecule has 2 aromatic carbocycles. The SMILES string of the molecule is CN=S1(=O)CC(N)C(=O)N(Cc2ccc(OC(F)(F)F)cc2)c2cc(-c3nnc(C(C)(C)C)o3)c(F)cc21. The number of hydrogen-bond acceptors (Lipinski definition) is 8. The zero-order chi connectivity index (χ0) is 28.0. The lowest BCUT2D eigenvalue weighted by molar-refractivity contribution is -0.274. The molecule has 0 saturated heterocycles. The van der Waals surface area contributed by atoms with E-state index < -0.39 is 45.0 Å². The van der Waals surface area contributed by atoms with Crippen LogP contribution < -0.4 is 15.4 Å². The van der Waals surface area contributed by atoms with Crippen LogP contribution in [0.1, 0.15) is 32.2 Å². The summed E-state index contributed by atoms with van der Waals surface area (Å²) in [7, 11) is -2.02. The average Bonchev–Trinajstić information content (AvgIpc) is 3.30. The molecule has 0 aliphatic carbocycles. The lowest BCUT2D eigenvalue weighted by Crippen LogP contribution is -2.45. The fourth-order valence-corrected chi connectivity index (χ4v) is 5.79. The lowest BCUT2D eigenvalue weighted by atomic mass is 9.97. The Bertz CT molecular complexity index is 1490. The van der Waals surface area contributed by atoms with Crippen LogP contribution in [0.15, 0.2) is 50.1 Å². The standard InChI is InChI=1S/C24H25F4N5O4S/c1-23(2,3)22-32-31-20(36-22)15-9-18-19(10-16(15)25)38(35,30-4)12-17(29)21(34)33(18)11-13-5-7-14(8-6-13)37-24(26,27)28/h5-10,17H,11-12,29H2,1-4H3. The molecule has 0 saturated carbocycles. The van der Waals surface area contributed by atoms with Crippen LogP contribution in [-0.2, 0) is 26.5 Å². The van der Waals surface area contributed by atoms with Crippen LogP contribution in [0, 0.1) is 5.82 Å². The van der Waals surface area contributed by atoms with Gasteiger partial charge in [-0.15, -0.1) is 23.4 Å². The van der Waals surface area contributed by atoms with Crippen LogP contribution in [0.5, 0.6) is 5.75 Å². The monoisotopic (exact) mass is 555 g/mol. The number of fused-ring (bicyclic) bond motifs is 1. The van der Waals surface area contributed by atoms with E-state index >= 15 is 4.39 Å². The summed E-state index contributed by atoms with van der Waals surface area (Å²) in [6.45, 7) is 5.33. The van der Waals surface area contributed by atoms with Crippen molar-refractivity contribution in [1.29, 1.82) is 0 Å². The van der Waals surface area contributed by atoms with Crippen molar-refractivity contribution in [3.05, 3.63) is 53.7 Å². The van der Waals surface area contributed by atoms with Crippen molar-refractivity contribution in [3.8, 4) is 17.2 Å². The van der Waals surface area contributed by atoms with Gasteiger partial charge in [-0.05, 0) is 29.8 Å². The molecule has 1 aromatic heterocycles. The van der Waals surface area contributed by atoms with Gasteiger partial charge < -0.3 is 19.8 Å². The van der Waals surface area contributed by atoms with Gasteiger partial charge in [0.05, 0.1) is 44.2 Å². The number of ether oxygens (including phenoxy) is 1. The molecule has 3 aromatic rings. The van der Waals surface area contributed by atoms with E-state index in [9.17, 15) is 22.2 Å². The molecule has 38 heavy (non-hydrogen) atoms. The maximum absolute atomic E-state index is 15.4. The van der Waals surface area contributed by atoms with Crippen molar-refractivity contribution in [3.63, 3.8) is 0 Å². The topological polar surface area (TPSA) is 124 Å². The third-order valence-corrected chi connectivity index (χ3v) is 8.18. The molecule has 14 heteroatoms. The van der Waals surface area contributed by atoms with E-state index in [2.05, 4.69) is 19.3 Å². The quantitative estimate of drug-likeness (QED) is 0.473. The number of alkyl halides is 3. The van der Waals surface area contributed by atoms with Gasteiger partial charge in [0.25, 0.3) is 5.89 Å². The summed E-state index contributed by atoms with van der Waals surface area (Å²) in [6, 6.07) is 5.91. The van der Waals surface area contributed by atoms with E-state index in [0.717, 1.165) is 18.2 Å². The Balaban J connectivity index is 1.84. The molecule has 0 spiro atoms. The Hall–Kier alpha value is -3.52. The van der Waals surface area contributed by atoms with Crippen LogP contribution in [-0.4, -0.2) is 45.5 Å². The second-order valence-corrected chi connectivity index (χ2v) is 12.1. The van der Waals surface area contributed by atoms with Crippen molar-refractivity contribution >= 4 is 21.3 Å². The molecule has 0 radical (unpaired) electrons. The van der Waals surface area contributed by atoms with Gasteiger partial charge in [0.2, 0.25) is 11.8 Å². The molecule has 0 bridgehead atoms. The molecule has 2 unspecified atom stereocenters. The highest BCUT2D eigenvalue weighted by molar-refractivity contribution is 7.93. The summed E-state index contributed by atoms with van der Waals surface area (Å²) < 4.78 is 80.2. The summed E-state index contributed by atoms with van der Waals surface area (Å²) in [5.41, 5.74) is 5.89. The first kappa shape index (κ1) is 27.5. The molecule has 4 rings (SSSR count). The third-order valence-electron chi connectivity index (χ3n) is 5.76. The number of anilines is 1. The van der Waals surface area contributed by atoms with Gasteiger partial charge in [-0.1, -0.05) is 32.9 Å². The highest BCUT2D eigenvalue weighted by atomic mass is 32.2. The average molecular weight is 556 g/mol. The molecule has 0 fully saturated rings. The van der Waals surface area contributed by atoms with Crippen LogP contribution in [0.3, 0.4) is 0 Å². The number of carbonyl (C=O) groups excluding carboxylic acids is 1. The van der Waals surface area contributed by atoms with Crippen molar-refractivity contribution in [2.75, 3.05) is 17.7 Å². The summed E-state index contributed by atoms with van der Waals surface area (Å²) in [6.07, 6.45) is -4.86. The molecule has 2 atom stereocenters. The Morgan fingerprint density at radius 1 is 1.18 bits per heavy atom. The predicted octanol–water partition coefficient (Wildman–Crippen LogP) is 4.40. The summed E-state index contributed by atoms with van der Waals surface area (Å²) in [5, 5.41) is 7.92. The molecule has 1 amide bonds. The largest absolute Gasteiger partial charge is 0.573 e. The first-order valence-corrected chi connectivity index (χ1v) is 13.0. The second-order valence-electron chi connectivity index (χ2n) is 9.67. The second kappa shape index (κ2) is 9.66. The lowest BCUT2D eigenvalue weighted by Gasteiger charge is -2.25. The van der Waals surface area contributed by atoms with E-state index in [1.807, 2.05) is 20.8 Å². The third kappa shape index (κ3) is 5.50. The number of aromatic nitrogens is 2. The van der Waals surface area contributed by atoms with Crippen LogP contribution in [0.4, 0.5) is 23.2 Å². The van der Waals surface area contributed by atoms with Crippen molar-refractivity contribution < 1.29 is 35.7 Å². The molecule has 2 heterocycles. The van der Waals surface area contributed by atoms with E-state index in [0.29, 0.717) is 5.56 Å². The Morgan fingerprint density at radius 2 is 1.84 bits per heavy atom. The van der Waals surface area contributed by atoms with E-state index in [-0.39, 0.29) is 40.2 Å². The molecular formula is C24H25F4N5O4S. The molecule has 9 nitrogen and oxygen atoms in total. The first-order chi connectivity index (χ1) is 17.6. The molecule has 2 N–H and O–H groups in total. The van der Waals surface area contributed by atoms with Gasteiger partial charge in [0.15, 0.2) is 0 Å². The van der Waals surface area contributed by atoms with Gasteiger partial charge >= 0.3 is 6.36 Å². The van der Waals surface area contributed by atoms with E-state index in [1.165, 1.54) is 30.1 Å². The maximum Gasteiger partial charge on any atom is 0.573 e. The van der Waals surface area contributed by atoms with Crippen LogP contribution >= 0.6 is 0 Å². The smallest absolute Gasteiger partial charge is 0.420 e. The van der Waals surface area contributed by atoms with Gasteiger partial charge in [-0.3, -0.25) is 4.79 Å². The number of hydrogen-bond donors (Lipinski definition) is 1. The minimum atomic E-state index is -4.86. The maximum atomic E-state index is 15.4. The number of benzene rings is 2. The van der Waals surface area contributed by atoms with Gasteiger partial charge in [0, 0.05) is 12.5 Å². The van der Waals surface area contributed by atoms with Crippen LogP contribution in [0.25, 0.3) is 11.5 Å². The highest BCUT2D eigenvalue weighted by Crippen LogP contribution is 2.38. The Kier molecular flexibility index (Phi) is 6.99. The van der Waals surface area contributed by atoms with Gasteiger partial charge in [-0.2, -0.15) is 0 Å². The fraction of sp³-hybridized carbons (Fsp3) is 0.375. The van der Waals surface area contributed by atoms with Gasteiger partial charge in [-0.25, -0.2) is 13.0 Å². The highest BCUT2D eigenvalue weighted by Gasteiger charge is 2.37. The predicted molar refractivity (Wildman–Crippen MR) is 130 cm³/mol. The zero-order valence-corrected chi connectivity index (χ0v) is 21.7. The number of carbonyl (C=O) groups is 1. The summed E-state index contributed by atoms with van der Waals surface area (Å²) in [5.74, 6) is -2.13. The molecular weight excluding hydrogens is 530 g/mol. The van der Waals surface area contributed by atoms with Crippen LogP contribution in [0.2, 0.25) is 0 Å². The van der Waals surface area contributed by atoms with Crippen molar-refractivity contribution in [2.24, 2.45) is 10.1 Å². The van der Waals surface area contributed by atoms with E-state index in [4.69, 9.17) is 10.2 Å². The Labute approximate surface area is 216 Å². The number of nitrogens with two attached hydrogens (primary N) is 1. The summed E-state index contributed by atoms with van der Waals surface area (Å²) in [4.78, 5) is 14.5. The first-order valence-electron chi connectivity index (χ1n) is 11.3. The molecule has 1 aliphatic heterocycles. The normalized spacial score (nSPS) is 20.2.